The molecule has 13 heteroatoms. The van der Waals surface area contributed by atoms with Crippen molar-refractivity contribution in [3.8, 4) is 11.8 Å². The Morgan fingerprint density at radius 2 is 1.86 bits per heavy atom. The normalized spacial score (nSPS) is 13.2. The van der Waals surface area contributed by atoms with E-state index in [4.69, 9.17) is 14.9 Å². The number of fused-ring (bicyclic) bond motifs is 1. The molecule has 3 aromatic rings. The molecule has 0 spiro atoms. The molecule has 4 heterocycles. The van der Waals surface area contributed by atoms with E-state index in [2.05, 4.69) is 32.1 Å². The summed E-state index contributed by atoms with van der Waals surface area (Å²) in [5, 5.41) is 14.8. The van der Waals surface area contributed by atoms with E-state index in [1.165, 1.54) is 4.68 Å². The number of aliphatic carboxylic acids is 1. The fourth-order valence-electron chi connectivity index (χ4n) is 3.26. The van der Waals surface area contributed by atoms with Crippen molar-refractivity contribution >= 4 is 23.0 Å². The molecule has 2 N–H and O–H groups in total. The minimum Gasteiger partial charge on any atom is -0.475 e. The van der Waals surface area contributed by atoms with Crippen LogP contribution in [0.25, 0.3) is 11.0 Å². The molecule has 0 radical (unpaired) electrons. The predicted octanol–water partition coefficient (Wildman–Crippen LogP) is 1.74. The molecule has 0 saturated carbocycles. The molecule has 35 heavy (non-hydrogen) atoms. The Balaban J connectivity index is 0.000000476. The minimum absolute atomic E-state index is 0. The van der Waals surface area contributed by atoms with Gasteiger partial charge in [-0.25, -0.2) is 14.5 Å². The van der Waals surface area contributed by atoms with Gasteiger partial charge in [0.1, 0.15) is 11.0 Å². The molecular formula is C22H26F3N7O3. The van der Waals surface area contributed by atoms with Crippen LogP contribution in [0.4, 0.5) is 19.1 Å². The molecule has 0 aromatic carbocycles. The quantitative estimate of drug-likeness (QED) is 0.528. The van der Waals surface area contributed by atoms with Crippen LogP contribution in [0.2, 0.25) is 0 Å². The number of piperazine rings is 1. The van der Waals surface area contributed by atoms with Gasteiger partial charge in [-0.3, -0.25) is 14.3 Å². The maximum atomic E-state index is 13.2. The molecule has 0 atom stereocenters. The lowest BCUT2D eigenvalue weighted by molar-refractivity contribution is -0.192. The Labute approximate surface area is 199 Å². The van der Waals surface area contributed by atoms with Gasteiger partial charge in [0.25, 0.3) is 5.56 Å². The summed E-state index contributed by atoms with van der Waals surface area (Å²) in [5.74, 6) is 4.02. The van der Waals surface area contributed by atoms with Crippen molar-refractivity contribution in [3.05, 3.63) is 46.6 Å². The number of nitrogens with zero attached hydrogens (tertiary/aromatic N) is 6. The molecule has 0 unspecified atom stereocenters. The Morgan fingerprint density at radius 3 is 2.43 bits per heavy atom. The van der Waals surface area contributed by atoms with E-state index in [0.29, 0.717) is 24.1 Å². The number of carboxylic acid groups (broad SMARTS) is 1. The van der Waals surface area contributed by atoms with E-state index < -0.39 is 12.1 Å². The van der Waals surface area contributed by atoms with E-state index in [9.17, 15) is 18.0 Å². The van der Waals surface area contributed by atoms with Crippen molar-refractivity contribution in [2.75, 3.05) is 31.1 Å². The maximum absolute atomic E-state index is 13.2. The van der Waals surface area contributed by atoms with Crippen LogP contribution in [0, 0.1) is 11.8 Å². The van der Waals surface area contributed by atoms with E-state index in [1.807, 2.05) is 16.7 Å². The number of alkyl halides is 3. The van der Waals surface area contributed by atoms with Gasteiger partial charge in [-0.2, -0.15) is 18.3 Å². The number of pyridine rings is 1. The van der Waals surface area contributed by atoms with Crippen molar-refractivity contribution in [1.82, 2.24) is 29.6 Å². The van der Waals surface area contributed by atoms with Crippen LogP contribution in [0.1, 0.15) is 19.9 Å². The lowest BCUT2D eigenvalue weighted by atomic mass is 10.3. The summed E-state index contributed by atoms with van der Waals surface area (Å²) in [6.07, 6.45) is 0.00443. The monoisotopic (exact) mass is 493 g/mol. The Morgan fingerprint density at radius 1 is 1.23 bits per heavy atom. The van der Waals surface area contributed by atoms with Crippen LogP contribution in [0.5, 0.6) is 0 Å². The highest BCUT2D eigenvalue weighted by atomic mass is 19.4. The first-order valence-corrected chi connectivity index (χ1v) is 10.2. The van der Waals surface area contributed by atoms with Crippen molar-refractivity contribution < 1.29 is 23.1 Å². The third-order valence-corrected chi connectivity index (χ3v) is 4.87. The SMILES string of the molecule is C.CC#CCn1c(N2CCNCC2)nc2cnn(Cc3ccncc3)c(=O)c21.O=C(O)C(F)(F)F. The first-order chi connectivity index (χ1) is 16.2. The number of carbonyl (C=O) groups is 1. The van der Waals surface area contributed by atoms with Crippen LogP contribution in [-0.2, 0) is 17.9 Å². The van der Waals surface area contributed by atoms with Crippen LogP contribution in [0.15, 0.2) is 35.5 Å². The number of carboxylic acids is 1. The lowest BCUT2D eigenvalue weighted by Gasteiger charge is -2.28. The first-order valence-electron chi connectivity index (χ1n) is 10.2. The number of anilines is 1. The summed E-state index contributed by atoms with van der Waals surface area (Å²) in [7, 11) is 0. The first kappa shape index (κ1) is 27.3. The zero-order valence-electron chi connectivity index (χ0n) is 18.2. The second-order valence-corrected chi connectivity index (χ2v) is 7.16. The van der Waals surface area contributed by atoms with E-state index in [0.717, 1.165) is 37.7 Å². The molecule has 0 aliphatic carbocycles. The number of halogens is 3. The average Bonchev–Trinajstić information content (AvgIpc) is 3.20. The summed E-state index contributed by atoms with van der Waals surface area (Å²) in [6.45, 7) is 6.11. The Hall–Kier alpha value is -3.92. The summed E-state index contributed by atoms with van der Waals surface area (Å²) in [5.41, 5.74) is 1.98. The fourth-order valence-corrected chi connectivity index (χ4v) is 3.26. The third kappa shape index (κ3) is 6.80. The van der Waals surface area contributed by atoms with Crippen LogP contribution >= 0.6 is 0 Å². The Bertz CT molecular complexity index is 1250. The Kier molecular flexibility index (Phi) is 9.35. The highest BCUT2D eigenvalue weighted by Crippen LogP contribution is 2.20. The van der Waals surface area contributed by atoms with Gasteiger partial charge in [0.15, 0.2) is 0 Å². The molecule has 1 saturated heterocycles. The highest BCUT2D eigenvalue weighted by molar-refractivity contribution is 5.77. The van der Waals surface area contributed by atoms with Crippen molar-refractivity contribution in [2.24, 2.45) is 0 Å². The smallest absolute Gasteiger partial charge is 0.475 e. The molecule has 1 fully saturated rings. The summed E-state index contributed by atoms with van der Waals surface area (Å²) < 4.78 is 35.1. The number of imidazole rings is 1. The summed E-state index contributed by atoms with van der Waals surface area (Å²) >= 11 is 0. The van der Waals surface area contributed by atoms with E-state index in [1.54, 1.807) is 25.5 Å². The van der Waals surface area contributed by atoms with Crippen LogP contribution < -0.4 is 15.8 Å². The van der Waals surface area contributed by atoms with Crippen molar-refractivity contribution in [3.63, 3.8) is 0 Å². The van der Waals surface area contributed by atoms with Gasteiger partial charge in [-0.15, -0.1) is 5.92 Å². The van der Waals surface area contributed by atoms with Crippen molar-refractivity contribution in [1.29, 1.82) is 0 Å². The number of hydrogen-bond acceptors (Lipinski definition) is 7. The molecule has 1 aliphatic heterocycles. The minimum atomic E-state index is -5.08. The molecule has 1 aliphatic rings. The highest BCUT2D eigenvalue weighted by Gasteiger charge is 2.38. The number of hydrogen-bond donors (Lipinski definition) is 2. The molecule has 188 valence electrons. The molecule has 0 amide bonds. The largest absolute Gasteiger partial charge is 0.490 e. The van der Waals surface area contributed by atoms with Gasteiger partial charge in [-0.05, 0) is 24.6 Å². The number of rotatable bonds is 4. The molecule has 4 rings (SSSR count). The summed E-state index contributed by atoms with van der Waals surface area (Å²) in [4.78, 5) is 33.0. The second-order valence-electron chi connectivity index (χ2n) is 7.16. The molecule has 3 aromatic heterocycles. The maximum Gasteiger partial charge on any atom is 0.490 e. The average molecular weight is 493 g/mol. The molecule has 10 nitrogen and oxygen atoms in total. The molecular weight excluding hydrogens is 467 g/mol. The van der Waals surface area contributed by atoms with Gasteiger partial charge >= 0.3 is 12.1 Å². The zero-order chi connectivity index (χ0) is 24.7. The summed E-state index contributed by atoms with van der Waals surface area (Å²) in [6, 6.07) is 3.76. The van der Waals surface area contributed by atoms with Gasteiger partial charge in [0.05, 0.1) is 19.3 Å². The number of nitrogens with one attached hydrogen (secondary N) is 1. The number of aromatic nitrogens is 5. The van der Waals surface area contributed by atoms with Crippen LogP contribution in [0.3, 0.4) is 0 Å². The second kappa shape index (κ2) is 12.0. The van der Waals surface area contributed by atoms with E-state index in [-0.39, 0.29) is 13.0 Å². The fraction of sp³-hybridized carbons (Fsp3) is 0.409. The zero-order valence-corrected chi connectivity index (χ0v) is 18.2. The third-order valence-electron chi connectivity index (χ3n) is 4.87. The van der Waals surface area contributed by atoms with Crippen LogP contribution in [-0.4, -0.2) is 67.7 Å². The van der Waals surface area contributed by atoms with Gasteiger partial charge in [0, 0.05) is 38.6 Å². The van der Waals surface area contributed by atoms with Gasteiger partial charge < -0.3 is 15.3 Å². The lowest BCUT2D eigenvalue weighted by Crippen LogP contribution is -2.44. The topological polar surface area (TPSA) is 118 Å². The predicted molar refractivity (Wildman–Crippen MR) is 124 cm³/mol. The van der Waals surface area contributed by atoms with Crippen molar-refractivity contribution in [2.45, 2.75) is 33.6 Å². The van der Waals surface area contributed by atoms with E-state index >= 15 is 0 Å². The standard InChI is InChI=1S/C19H21N7O.C2HF3O2.CH4/c1-2-3-10-25-17-16(23-19(25)24-11-8-21-9-12-24)13-22-26(18(17)27)14-15-4-6-20-7-5-15;3-2(4,5)1(6)7;/h4-7,13,21H,8-12,14H2,1H3;(H,6,7);1H4. The van der Waals surface area contributed by atoms with Gasteiger partial charge in [0.2, 0.25) is 5.95 Å². The van der Waals surface area contributed by atoms with Gasteiger partial charge in [-0.1, -0.05) is 13.3 Å². The molecule has 0 bridgehead atoms.